The molecule has 5 heteroatoms. The fourth-order valence-electron chi connectivity index (χ4n) is 1.63. The zero-order chi connectivity index (χ0) is 14.6. The van der Waals surface area contributed by atoms with Crippen molar-refractivity contribution in [2.75, 3.05) is 13.1 Å². The van der Waals surface area contributed by atoms with Gasteiger partial charge in [-0.15, -0.1) is 0 Å². The van der Waals surface area contributed by atoms with Gasteiger partial charge in [-0.25, -0.2) is 0 Å². The van der Waals surface area contributed by atoms with E-state index in [0.29, 0.717) is 13.1 Å². The Balaban J connectivity index is 4.96. The lowest BCUT2D eigenvalue weighted by molar-refractivity contribution is -0.286. The van der Waals surface area contributed by atoms with Crippen LogP contribution in [-0.4, -0.2) is 36.0 Å². The van der Waals surface area contributed by atoms with Crippen molar-refractivity contribution in [3.05, 3.63) is 0 Å². The van der Waals surface area contributed by atoms with E-state index in [2.05, 4.69) is 5.32 Å². The van der Waals surface area contributed by atoms with Crippen LogP contribution < -0.4 is 11.1 Å². The molecule has 0 aromatic rings. The van der Waals surface area contributed by atoms with Crippen molar-refractivity contribution in [1.29, 1.82) is 0 Å². The molecule has 0 saturated heterocycles. The summed E-state index contributed by atoms with van der Waals surface area (Å²) in [5.41, 5.74) is 4.41. The van der Waals surface area contributed by atoms with E-state index < -0.39 is 17.0 Å². The summed E-state index contributed by atoms with van der Waals surface area (Å²) in [4.78, 5) is 12.2. The molecule has 0 aromatic carbocycles. The summed E-state index contributed by atoms with van der Waals surface area (Å²) in [5.74, 6) is -1.64. The van der Waals surface area contributed by atoms with E-state index in [1.807, 2.05) is 41.5 Å². The zero-order valence-corrected chi connectivity index (χ0v) is 12.7. The van der Waals surface area contributed by atoms with Crippen LogP contribution in [0.5, 0.6) is 0 Å². The lowest BCUT2D eigenvalue weighted by Gasteiger charge is -2.39. The fourth-order valence-corrected chi connectivity index (χ4v) is 1.63. The second-order valence-electron chi connectivity index (χ2n) is 6.42. The minimum atomic E-state index is -1.33. The molecule has 0 radical (unpaired) electrons. The van der Waals surface area contributed by atoms with E-state index in [0.717, 1.165) is 0 Å². The molecule has 0 aliphatic carbocycles. The van der Waals surface area contributed by atoms with E-state index in [-0.39, 0.29) is 5.91 Å². The third-order valence-electron chi connectivity index (χ3n) is 1.84. The molecule has 0 bridgehead atoms. The van der Waals surface area contributed by atoms with Crippen LogP contribution in [0.25, 0.3) is 0 Å². The summed E-state index contributed by atoms with van der Waals surface area (Å²) < 4.78 is 11.6. The van der Waals surface area contributed by atoms with Gasteiger partial charge in [0.05, 0.1) is 11.2 Å². The molecule has 0 saturated carbocycles. The van der Waals surface area contributed by atoms with Gasteiger partial charge in [0.25, 0.3) is 5.91 Å². The molecule has 0 fully saturated rings. The Labute approximate surface area is 110 Å². The van der Waals surface area contributed by atoms with Crippen LogP contribution in [0.15, 0.2) is 0 Å². The Bertz CT molecular complexity index is 261. The second kappa shape index (κ2) is 5.99. The van der Waals surface area contributed by atoms with Gasteiger partial charge in [-0.1, -0.05) is 0 Å². The Hall–Kier alpha value is -0.650. The topological polar surface area (TPSA) is 73.6 Å². The SMILES string of the molecule is CC(C)(C)OC(C)(OC(C)(C)C)C(=O)NCCN. The maximum absolute atomic E-state index is 12.2. The first kappa shape index (κ1) is 17.4. The van der Waals surface area contributed by atoms with Crippen LogP contribution in [0.2, 0.25) is 0 Å². The number of hydrogen-bond donors (Lipinski definition) is 2. The van der Waals surface area contributed by atoms with Crippen LogP contribution in [0.1, 0.15) is 48.5 Å². The monoisotopic (exact) mass is 260 g/mol. The quantitative estimate of drug-likeness (QED) is 0.733. The fraction of sp³-hybridized carbons (Fsp3) is 0.923. The third-order valence-corrected chi connectivity index (χ3v) is 1.84. The average Bonchev–Trinajstić information content (AvgIpc) is 2.07. The average molecular weight is 260 g/mol. The number of nitrogens with two attached hydrogens (primary N) is 1. The van der Waals surface area contributed by atoms with Gasteiger partial charge < -0.3 is 20.5 Å². The summed E-state index contributed by atoms with van der Waals surface area (Å²) in [6.07, 6.45) is 0. The summed E-state index contributed by atoms with van der Waals surface area (Å²) >= 11 is 0. The summed E-state index contributed by atoms with van der Waals surface area (Å²) in [6, 6.07) is 0. The summed E-state index contributed by atoms with van der Waals surface area (Å²) in [7, 11) is 0. The Morgan fingerprint density at radius 2 is 1.39 bits per heavy atom. The van der Waals surface area contributed by atoms with Crippen molar-refractivity contribution in [3.63, 3.8) is 0 Å². The molecule has 0 aliphatic rings. The molecule has 0 aliphatic heterocycles. The van der Waals surface area contributed by atoms with Gasteiger partial charge in [-0.05, 0) is 48.5 Å². The predicted molar refractivity (Wildman–Crippen MR) is 72.1 cm³/mol. The van der Waals surface area contributed by atoms with Crippen LogP contribution >= 0.6 is 0 Å². The van der Waals surface area contributed by atoms with Crippen molar-refractivity contribution in [2.24, 2.45) is 5.73 Å². The lowest BCUT2D eigenvalue weighted by atomic mass is 10.1. The van der Waals surface area contributed by atoms with Gasteiger partial charge in [0.1, 0.15) is 0 Å². The predicted octanol–water partition coefficient (Wildman–Crippen LogP) is 1.41. The number of rotatable bonds is 5. The largest absolute Gasteiger partial charge is 0.350 e. The lowest BCUT2D eigenvalue weighted by Crippen LogP contribution is -2.55. The minimum absolute atomic E-state index is 0.308. The molecule has 0 unspecified atom stereocenters. The van der Waals surface area contributed by atoms with Gasteiger partial charge in [0.15, 0.2) is 0 Å². The molecular weight excluding hydrogens is 232 g/mol. The van der Waals surface area contributed by atoms with Crippen LogP contribution in [0, 0.1) is 0 Å². The van der Waals surface area contributed by atoms with Gasteiger partial charge in [-0.2, -0.15) is 0 Å². The number of carbonyl (C=O) groups is 1. The van der Waals surface area contributed by atoms with Crippen LogP contribution in [-0.2, 0) is 14.3 Å². The van der Waals surface area contributed by atoms with Crippen LogP contribution in [0.4, 0.5) is 0 Å². The normalized spacial score (nSPS) is 13.6. The number of amides is 1. The molecule has 5 nitrogen and oxygen atoms in total. The minimum Gasteiger partial charge on any atom is -0.350 e. The third kappa shape index (κ3) is 6.93. The molecule has 0 heterocycles. The Kier molecular flexibility index (Phi) is 5.78. The standard InChI is InChI=1S/C13H28N2O3/c1-11(2,3)17-13(7,18-12(4,5)6)10(16)15-9-8-14/h8-9,14H2,1-7H3,(H,15,16). The Morgan fingerprint density at radius 3 is 1.67 bits per heavy atom. The van der Waals surface area contributed by atoms with E-state index in [4.69, 9.17) is 15.2 Å². The maximum atomic E-state index is 12.2. The van der Waals surface area contributed by atoms with E-state index in [9.17, 15) is 4.79 Å². The molecule has 108 valence electrons. The molecule has 0 spiro atoms. The smallest absolute Gasteiger partial charge is 0.280 e. The van der Waals surface area contributed by atoms with Crippen molar-refractivity contribution in [2.45, 2.75) is 65.5 Å². The van der Waals surface area contributed by atoms with Gasteiger partial charge >= 0.3 is 0 Å². The van der Waals surface area contributed by atoms with E-state index >= 15 is 0 Å². The number of carbonyl (C=O) groups excluding carboxylic acids is 1. The first-order chi connectivity index (χ1) is 7.90. The highest BCUT2D eigenvalue weighted by Gasteiger charge is 2.42. The Morgan fingerprint density at radius 1 is 1.00 bits per heavy atom. The molecule has 1 amide bonds. The first-order valence-corrected chi connectivity index (χ1v) is 6.28. The highest BCUT2D eigenvalue weighted by molar-refractivity contribution is 5.83. The summed E-state index contributed by atoms with van der Waals surface area (Å²) in [5, 5.41) is 2.70. The molecular formula is C13H28N2O3. The number of hydrogen-bond acceptors (Lipinski definition) is 4. The van der Waals surface area contributed by atoms with Crippen LogP contribution in [0.3, 0.4) is 0 Å². The number of ether oxygens (including phenoxy) is 2. The second-order valence-corrected chi connectivity index (χ2v) is 6.42. The zero-order valence-electron chi connectivity index (χ0n) is 12.7. The molecule has 3 N–H and O–H groups in total. The highest BCUT2D eigenvalue weighted by Crippen LogP contribution is 2.27. The molecule has 18 heavy (non-hydrogen) atoms. The highest BCUT2D eigenvalue weighted by atomic mass is 16.7. The van der Waals surface area contributed by atoms with Crippen molar-refractivity contribution >= 4 is 5.91 Å². The van der Waals surface area contributed by atoms with E-state index in [1.165, 1.54) is 0 Å². The van der Waals surface area contributed by atoms with Crippen molar-refractivity contribution < 1.29 is 14.3 Å². The molecule has 0 rings (SSSR count). The number of nitrogens with one attached hydrogen (secondary N) is 1. The van der Waals surface area contributed by atoms with Crippen molar-refractivity contribution in [3.8, 4) is 0 Å². The molecule has 0 atom stereocenters. The first-order valence-electron chi connectivity index (χ1n) is 6.28. The van der Waals surface area contributed by atoms with Gasteiger partial charge in [0.2, 0.25) is 5.79 Å². The van der Waals surface area contributed by atoms with E-state index in [1.54, 1.807) is 6.92 Å². The van der Waals surface area contributed by atoms with Gasteiger partial charge in [-0.3, -0.25) is 4.79 Å². The van der Waals surface area contributed by atoms with Gasteiger partial charge in [0, 0.05) is 13.1 Å². The molecule has 0 aromatic heterocycles. The van der Waals surface area contributed by atoms with Crippen molar-refractivity contribution in [1.82, 2.24) is 5.32 Å². The summed E-state index contributed by atoms with van der Waals surface area (Å²) in [6.45, 7) is 13.7. The maximum Gasteiger partial charge on any atom is 0.280 e.